The van der Waals surface area contributed by atoms with Crippen molar-refractivity contribution in [3.05, 3.63) is 58.0 Å². The van der Waals surface area contributed by atoms with Crippen LogP contribution in [0.3, 0.4) is 0 Å². The van der Waals surface area contributed by atoms with Crippen molar-refractivity contribution in [1.82, 2.24) is 5.32 Å². The van der Waals surface area contributed by atoms with Crippen molar-refractivity contribution in [2.75, 3.05) is 0 Å². The number of rotatable bonds is 3. The smallest absolute Gasteiger partial charge is 0.287 e. The summed E-state index contributed by atoms with van der Waals surface area (Å²) in [6, 6.07) is 8.05. The Bertz CT molecular complexity index is 756. The Kier molecular flexibility index (Phi) is 4.26. The molecule has 1 aromatic carbocycles. The summed E-state index contributed by atoms with van der Waals surface area (Å²) in [5.74, 6) is 0.841. The predicted molar refractivity (Wildman–Crippen MR) is 92.9 cm³/mol. The Hall–Kier alpha value is -2.07. The summed E-state index contributed by atoms with van der Waals surface area (Å²) in [4.78, 5) is 12.5. The summed E-state index contributed by atoms with van der Waals surface area (Å²) in [6.45, 7) is 8.55. The molecule has 128 valence electrons. The van der Waals surface area contributed by atoms with Crippen LogP contribution < -0.4 is 5.32 Å². The van der Waals surface area contributed by atoms with Crippen LogP contribution in [0.1, 0.15) is 64.9 Å². The predicted octanol–water partition coefficient (Wildman–Crippen LogP) is 3.83. The SMILES string of the molecule is Cc1ccc(CNC(=O)c2oc3c(c2C)C(O)CC(C)(C)C3)cc1. The summed E-state index contributed by atoms with van der Waals surface area (Å²) in [6.07, 6.45) is 0.863. The molecule has 0 radical (unpaired) electrons. The Labute approximate surface area is 142 Å². The van der Waals surface area contributed by atoms with Crippen molar-refractivity contribution in [3.63, 3.8) is 0 Å². The normalized spacial score (nSPS) is 19.0. The molecule has 0 spiro atoms. The number of amides is 1. The van der Waals surface area contributed by atoms with Gasteiger partial charge in [-0.2, -0.15) is 0 Å². The first kappa shape index (κ1) is 16.8. The molecule has 1 aliphatic rings. The first-order chi connectivity index (χ1) is 11.3. The molecule has 1 heterocycles. The number of hydrogen-bond donors (Lipinski definition) is 2. The first-order valence-corrected chi connectivity index (χ1v) is 8.41. The van der Waals surface area contributed by atoms with Crippen molar-refractivity contribution in [2.45, 2.75) is 53.2 Å². The fourth-order valence-electron chi connectivity index (χ4n) is 3.47. The molecule has 24 heavy (non-hydrogen) atoms. The lowest BCUT2D eigenvalue weighted by atomic mass is 9.75. The van der Waals surface area contributed by atoms with E-state index in [1.54, 1.807) is 0 Å². The molecule has 0 aliphatic heterocycles. The van der Waals surface area contributed by atoms with Gasteiger partial charge in [0, 0.05) is 24.1 Å². The molecule has 4 nitrogen and oxygen atoms in total. The number of carbonyl (C=O) groups is 1. The second kappa shape index (κ2) is 6.10. The van der Waals surface area contributed by atoms with Crippen LogP contribution >= 0.6 is 0 Å². The quantitative estimate of drug-likeness (QED) is 0.900. The maximum atomic E-state index is 12.5. The Balaban J connectivity index is 1.77. The van der Waals surface area contributed by atoms with Gasteiger partial charge >= 0.3 is 0 Å². The van der Waals surface area contributed by atoms with E-state index in [2.05, 4.69) is 19.2 Å². The number of hydrogen-bond acceptors (Lipinski definition) is 3. The highest BCUT2D eigenvalue weighted by atomic mass is 16.4. The molecule has 0 saturated carbocycles. The van der Waals surface area contributed by atoms with Crippen molar-refractivity contribution < 1.29 is 14.3 Å². The van der Waals surface area contributed by atoms with E-state index in [9.17, 15) is 9.90 Å². The molecule has 1 amide bonds. The number of fused-ring (bicyclic) bond motifs is 1. The van der Waals surface area contributed by atoms with Gasteiger partial charge in [-0.1, -0.05) is 43.7 Å². The second-order valence-corrected chi connectivity index (χ2v) is 7.62. The van der Waals surface area contributed by atoms with Gasteiger partial charge in [0.1, 0.15) is 5.76 Å². The van der Waals surface area contributed by atoms with Crippen LogP contribution in [0.5, 0.6) is 0 Å². The number of aliphatic hydroxyl groups is 1. The molecule has 0 fully saturated rings. The van der Waals surface area contributed by atoms with Gasteiger partial charge in [0.15, 0.2) is 5.76 Å². The molecule has 2 N–H and O–H groups in total. The van der Waals surface area contributed by atoms with Gasteiger partial charge in [-0.25, -0.2) is 0 Å². The Morgan fingerprint density at radius 2 is 1.96 bits per heavy atom. The fraction of sp³-hybridized carbons (Fsp3) is 0.450. The highest BCUT2D eigenvalue weighted by molar-refractivity contribution is 5.93. The summed E-state index contributed by atoms with van der Waals surface area (Å²) in [5, 5.41) is 13.3. The third-order valence-corrected chi connectivity index (χ3v) is 4.77. The molecule has 2 aromatic rings. The van der Waals surface area contributed by atoms with Crippen molar-refractivity contribution in [2.24, 2.45) is 5.41 Å². The van der Waals surface area contributed by atoms with Crippen LogP contribution in [0.15, 0.2) is 28.7 Å². The van der Waals surface area contributed by atoms with E-state index in [-0.39, 0.29) is 11.3 Å². The molecule has 1 unspecified atom stereocenters. The lowest BCUT2D eigenvalue weighted by molar-refractivity contribution is 0.0883. The van der Waals surface area contributed by atoms with Gasteiger partial charge in [-0.05, 0) is 31.2 Å². The van der Waals surface area contributed by atoms with Gasteiger partial charge in [0.2, 0.25) is 0 Å². The largest absolute Gasteiger partial charge is 0.455 e. The van der Waals surface area contributed by atoms with Crippen molar-refractivity contribution >= 4 is 5.91 Å². The zero-order valence-corrected chi connectivity index (χ0v) is 14.8. The Morgan fingerprint density at radius 1 is 1.29 bits per heavy atom. The minimum absolute atomic E-state index is 0.0215. The maximum absolute atomic E-state index is 12.5. The van der Waals surface area contributed by atoms with Gasteiger partial charge in [0.25, 0.3) is 5.91 Å². The number of furan rings is 1. The zero-order valence-electron chi connectivity index (χ0n) is 14.8. The van der Waals surface area contributed by atoms with E-state index >= 15 is 0 Å². The van der Waals surface area contributed by atoms with E-state index in [1.807, 2.05) is 38.1 Å². The lowest BCUT2D eigenvalue weighted by Crippen LogP contribution is -2.25. The number of carbonyl (C=O) groups excluding carboxylic acids is 1. The fourth-order valence-corrected chi connectivity index (χ4v) is 3.47. The van der Waals surface area contributed by atoms with E-state index < -0.39 is 6.10 Å². The summed E-state index contributed by atoms with van der Waals surface area (Å²) in [5.41, 5.74) is 3.77. The highest BCUT2D eigenvalue weighted by Crippen LogP contribution is 2.43. The topological polar surface area (TPSA) is 62.5 Å². The van der Waals surface area contributed by atoms with Gasteiger partial charge in [-0.15, -0.1) is 0 Å². The lowest BCUT2D eigenvalue weighted by Gasteiger charge is -2.31. The van der Waals surface area contributed by atoms with Crippen LogP contribution in [-0.4, -0.2) is 11.0 Å². The molecule has 4 heteroatoms. The van der Waals surface area contributed by atoms with Crippen LogP contribution in [0, 0.1) is 19.3 Å². The molecule has 0 saturated heterocycles. The zero-order chi connectivity index (χ0) is 17.5. The van der Waals surface area contributed by atoms with Gasteiger partial charge in [0.05, 0.1) is 6.10 Å². The molecular weight excluding hydrogens is 302 g/mol. The summed E-state index contributed by atoms with van der Waals surface area (Å²) in [7, 11) is 0. The first-order valence-electron chi connectivity index (χ1n) is 8.41. The number of nitrogens with one attached hydrogen (secondary N) is 1. The Morgan fingerprint density at radius 3 is 2.62 bits per heavy atom. The monoisotopic (exact) mass is 327 g/mol. The van der Waals surface area contributed by atoms with E-state index in [4.69, 9.17) is 4.42 Å². The molecule has 0 bridgehead atoms. The average molecular weight is 327 g/mol. The minimum atomic E-state index is -0.564. The highest BCUT2D eigenvalue weighted by Gasteiger charge is 2.37. The van der Waals surface area contributed by atoms with Crippen LogP contribution in [0.25, 0.3) is 0 Å². The van der Waals surface area contributed by atoms with Gasteiger partial charge < -0.3 is 14.8 Å². The standard InChI is InChI=1S/C20H25NO3/c1-12-5-7-14(8-6-12)11-21-19(23)18-13(2)17-15(22)9-20(3,4)10-16(17)24-18/h5-8,15,22H,9-11H2,1-4H3,(H,21,23). The third-order valence-electron chi connectivity index (χ3n) is 4.77. The number of benzene rings is 1. The molecule has 1 atom stereocenters. The van der Waals surface area contributed by atoms with Crippen LogP contribution in [0.2, 0.25) is 0 Å². The van der Waals surface area contributed by atoms with E-state index in [0.29, 0.717) is 18.7 Å². The average Bonchev–Trinajstić information content (AvgIpc) is 2.82. The molecule has 1 aliphatic carbocycles. The minimum Gasteiger partial charge on any atom is -0.455 e. The maximum Gasteiger partial charge on any atom is 0.287 e. The van der Waals surface area contributed by atoms with Crippen LogP contribution in [0.4, 0.5) is 0 Å². The summed E-state index contributed by atoms with van der Waals surface area (Å²) < 4.78 is 5.84. The molecule has 1 aromatic heterocycles. The van der Waals surface area contributed by atoms with Crippen LogP contribution in [-0.2, 0) is 13.0 Å². The van der Waals surface area contributed by atoms with E-state index in [0.717, 1.165) is 28.9 Å². The molecule has 3 rings (SSSR count). The number of aliphatic hydroxyl groups excluding tert-OH is 1. The summed E-state index contributed by atoms with van der Waals surface area (Å²) >= 11 is 0. The van der Waals surface area contributed by atoms with Gasteiger partial charge in [-0.3, -0.25) is 4.79 Å². The number of aryl methyl sites for hydroxylation is 1. The van der Waals surface area contributed by atoms with Crippen molar-refractivity contribution in [3.8, 4) is 0 Å². The molecular formula is C20H25NO3. The van der Waals surface area contributed by atoms with Crippen molar-refractivity contribution in [1.29, 1.82) is 0 Å². The van der Waals surface area contributed by atoms with E-state index in [1.165, 1.54) is 5.56 Å². The third kappa shape index (κ3) is 3.24. The second-order valence-electron chi connectivity index (χ2n) is 7.62.